The average molecular weight is 740 g/mol. The standard InChI is InChI=1S/C53H33N5/c1-2-13-34(14-3-1)35-24-26-36(27-25-35)52-42-19-6-9-21-46(42)55-53(56-52)58-47-22-10-7-17-40(47)45-31-37(28-29-49(45)58)44-32-50-51(41-18-5-4-16-39(41)44)43-20-8-11-23-48(43)57(50)38-15-12-30-54-33-38/h1-33H. The minimum atomic E-state index is 0.646. The van der Waals surface area contributed by atoms with Crippen LogP contribution in [0.1, 0.15) is 0 Å². The predicted octanol–water partition coefficient (Wildman–Crippen LogP) is 13.4. The third-order valence-corrected chi connectivity index (χ3v) is 11.6. The fourth-order valence-corrected chi connectivity index (χ4v) is 9.02. The van der Waals surface area contributed by atoms with Crippen LogP contribution in [0.2, 0.25) is 0 Å². The summed E-state index contributed by atoms with van der Waals surface area (Å²) < 4.78 is 4.58. The van der Waals surface area contributed by atoms with Crippen molar-refractivity contribution in [2.24, 2.45) is 0 Å². The zero-order valence-corrected chi connectivity index (χ0v) is 31.3. The minimum absolute atomic E-state index is 0.646. The Balaban J connectivity index is 1.08. The van der Waals surface area contributed by atoms with E-state index in [0.29, 0.717) is 5.95 Å². The van der Waals surface area contributed by atoms with Crippen molar-refractivity contribution in [1.29, 1.82) is 0 Å². The van der Waals surface area contributed by atoms with E-state index in [4.69, 9.17) is 9.97 Å². The first-order valence-corrected chi connectivity index (χ1v) is 19.6. The summed E-state index contributed by atoms with van der Waals surface area (Å²) in [5.41, 5.74) is 13.0. The van der Waals surface area contributed by atoms with Crippen molar-refractivity contribution in [2.75, 3.05) is 0 Å². The van der Waals surface area contributed by atoms with Gasteiger partial charge in [-0.2, -0.15) is 0 Å². The second-order valence-corrected chi connectivity index (χ2v) is 14.8. The highest BCUT2D eigenvalue weighted by Gasteiger charge is 2.21. The number of fused-ring (bicyclic) bond motifs is 9. The summed E-state index contributed by atoms with van der Waals surface area (Å²) in [6, 6.07) is 67.0. The van der Waals surface area contributed by atoms with E-state index in [1.807, 2.05) is 24.5 Å². The Labute approximate surface area is 333 Å². The predicted molar refractivity (Wildman–Crippen MR) is 240 cm³/mol. The first-order valence-electron chi connectivity index (χ1n) is 19.6. The topological polar surface area (TPSA) is 48.5 Å². The van der Waals surface area contributed by atoms with Crippen molar-refractivity contribution in [1.82, 2.24) is 24.1 Å². The number of pyridine rings is 1. The maximum absolute atomic E-state index is 5.38. The Hall–Kier alpha value is -7.89. The fraction of sp³-hybridized carbons (Fsp3) is 0. The summed E-state index contributed by atoms with van der Waals surface area (Å²) in [6.45, 7) is 0. The lowest BCUT2D eigenvalue weighted by atomic mass is 9.94. The summed E-state index contributed by atoms with van der Waals surface area (Å²) in [7, 11) is 0. The monoisotopic (exact) mass is 739 g/mol. The number of benzene rings is 8. The van der Waals surface area contributed by atoms with Gasteiger partial charge < -0.3 is 4.57 Å². The number of rotatable bonds is 5. The van der Waals surface area contributed by atoms with Gasteiger partial charge in [-0.15, -0.1) is 0 Å². The number of para-hydroxylation sites is 3. The molecule has 58 heavy (non-hydrogen) atoms. The Kier molecular flexibility index (Phi) is 7.16. The van der Waals surface area contributed by atoms with Crippen LogP contribution in [-0.2, 0) is 0 Å². The molecule has 4 aromatic heterocycles. The molecule has 0 saturated carbocycles. The molecule has 0 aliphatic rings. The van der Waals surface area contributed by atoms with Gasteiger partial charge in [-0.1, -0.05) is 140 Å². The zero-order valence-electron chi connectivity index (χ0n) is 31.3. The van der Waals surface area contributed by atoms with Crippen LogP contribution in [0.3, 0.4) is 0 Å². The van der Waals surface area contributed by atoms with Gasteiger partial charge in [0.05, 0.1) is 45.2 Å². The molecule has 8 aromatic carbocycles. The molecule has 4 heterocycles. The van der Waals surface area contributed by atoms with Crippen LogP contribution in [0.15, 0.2) is 200 Å². The van der Waals surface area contributed by atoms with E-state index in [-0.39, 0.29) is 0 Å². The Morgan fingerprint density at radius 3 is 1.78 bits per heavy atom. The third kappa shape index (κ3) is 4.93. The van der Waals surface area contributed by atoms with E-state index in [0.717, 1.165) is 66.3 Å². The van der Waals surface area contributed by atoms with Crippen molar-refractivity contribution in [3.05, 3.63) is 200 Å². The van der Waals surface area contributed by atoms with Crippen molar-refractivity contribution >= 4 is 65.3 Å². The van der Waals surface area contributed by atoms with Crippen molar-refractivity contribution < 1.29 is 0 Å². The van der Waals surface area contributed by atoms with Crippen LogP contribution in [0.5, 0.6) is 0 Å². The zero-order chi connectivity index (χ0) is 38.2. The molecule has 0 radical (unpaired) electrons. The molecule has 270 valence electrons. The van der Waals surface area contributed by atoms with Gasteiger partial charge in [-0.25, -0.2) is 9.97 Å². The number of hydrogen-bond acceptors (Lipinski definition) is 3. The Morgan fingerprint density at radius 2 is 0.983 bits per heavy atom. The number of aromatic nitrogens is 5. The summed E-state index contributed by atoms with van der Waals surface area (Å²) in [5, 5.41) is 8.24. The van der Waals surface area contributed by atoms with E-state index >= 15 is 0 Å². The highest BCUT2D eigenvalue weighted by atomic mass is 15.2. The lowest BCUT2D eigenvalue weighted by molar-refractivity contribution is 1.01. The van der Waals surface area contributed by atoms with Gasteiger partial charge in [0.1, 0.15) is 0 Å². The summed E-state index contributed by atoms with van der Waals surface area (Å²) in [5.74, 6) is 0.646. The maximum Gasteiger partial charge on any atom is 0.235 e. The number of nitrogens with zero attached hydrogens (tertiary/aromatic N) is 5. The second-order valence-electron chi connectivity index (χ2n) is 14.8. The molecule has 0 aliphatic heterocycles. The first kappa shape index (κ1) is 32.4. The quantitative estimate of drug-likeness (QED) is 0.177. The molecule has 0 aliphatic carbocycles. The van der Waals surface area contributed by atoms with Crippen LogP contribution in [-0.4, -0.2) is 24.1 Å². The van der Waals surface area contributed by atoms with Crippen LogP contribution in [0.4, 0.5) is 0 Å². The molecule has 12 rings (SSSR count). The van der Waals surface area contributed by atoms with E-state index in [9.17, 15) is 0 Å². The molecule has 0 saturated heterocycles. The smallest absolute Gasteiger partial charge is 0.235 e. The van der Waals surface area contributed by atoms with Gasteiger partial charge in [0.25, 0.3) is 0 Å². The maximum atomic E-state index is 5.38. The molecular weight excluding hydrogens is 707 g/mol. The number of hydrogen-bond donors (Lipinski definition) is 0. The van der Waals surface area contributed by atoms with Crippen LogP contribution in [0.25, 0.3) is 110 Å². The molecule has 0 N–H and O–H groups in total. The molecule has 0 spiro atoms. The van der Waals surface area contributed by atoms with Gasteiger partial charge in [-0.3, -0.25) is 9.55 Å². The molecule has 0 amide bonds. The molecule has 5 heteroatoms. The van der Waals surface area contributed by atoms with Gasteiger partial charge in [0.15, 0.2) is 0 Å². The van der Waals surface area contributed by atoms with Gasteiger partial charge in [0, 0.05) is 38.7 Å². The van der Waals surface area contributed by atoms with Gasteiger partial charge in [0.2, 0.25) is 5.95 Å². The highest BCUT2D eigenvalue weighted by molar-refractivity contribution is 6.24. The lowest BCUT2D eigenvalue weighted by Gasteiger charge is -2.13. The molecule has 0 unspecified atom stereocenters. The van der Waals surface area contributed by atoms with E-state index < -0.39 is 0 Å². The normalized spacial score (nSPS) is 11.8. The van der Waals surface area contributed by atoms with E-state index in [1.54, 1.807) is 0 Å². The van der Waals surface area contributed by atoms with Gasteiger partial charge >= 0.3 is 0 Å². The van der Waals surface area contributed by atoms with Crippen molar-refractivity contribution in [2.45, 2.75) is 0 Å². The molecule has 0 fully saturated rings. The summed E-state index contributed by atoms with van der Waals surface area (Å²) >= 11 is 0. The Morgan fingerprint density at radius 1 is 0.362 bits per heavy atom. The second kappa shape index (κ2) is 12.8. The molecular formula is C53H33N5. The average Bonchev–Trinajstić information content (AvgIpc) is 3.82. The highest BCUT2D eigenvalue weighted by Crippen LogP contribution is 2.43. The molecule has 5 nitrogen and oxygen atoms in total. The first-order chi connectivity index (χ1) is 28.8. The lowest BCUT2D eigenvalue weighted by Crippen LogP contribution is -2.03. The van der Waals surface area contributed by atoms with Crippen LogP contribution < -0.4 is 0 Å². The van der Waals surface area contributed by atoms with Crippen LogP contribution >= 0.6 is 0 Å². The molecule has 0 atom stereocenters. The summed E-state index contributed by atoms with van der Waals surface area (Å²) in [4.78, 5) is 15.1. The van der Waals surface area contributed by atoms with Crippen molar-refractivity contribution in [3.63, 3.8) is 0 Å². The summed E-state index contributed by atoms with van der Waals surface area (Å²) in [6.07, 6.45) is 3.78. The molecule has 0 bridgehead atoms. The van der Waals surface area contributed by atoms with Gasteiger partial charge in [-0.05, 0) is 81.6 Å². The van der Waals surface area contributed by atoms with Crippen LogP contribution in [0, 0.1) is 0 Å². The molecule has 12 aromatic rings. The van der Waals surface area contributed by atoms with E-state index in [2.05, 4.69) is 190 Å². The Bertz CT molecular complexity index is 3550. The largest absolute Gasteiger partial charge is 0.308 e. The third-order valence-electron chi connectivity index (χ3n) is 11.6. The fourth-order valence-electron chi connectivity index (χ4n) is 9.02. The van der Waals surface area contributed by atoms with Crippen molar-refractivity contribution in [3.8, 4) is 45.1 Å². The van der Waals surface area contributed by atoms with E-state index in [1.165, 1.54) is 38.2 Å². The minimum Gasteiger partial charge on any atom is -0.308 e. The SMILES string of the molecule is c1ccc(-c2ccc(-c3nc(-n4c5ccccc5c5cc(-c6cc7c(c8ccccc68)c6ccccc6n7-c6cccnc6)ccc54)nc4ccccc34)cc2)cc1.